The molecule has 0 nitrogen and oxygen atoms in total. The van der Waals surface area contributed by atoms with Crippen molar-refractivity contribution in [2.45, 2.75) is 27.7 Å². The first-order chi connectivity index (χ1) is 14.0. The van der Waals surface area contributed by atoms with Crippen LogP contribution >= 0.6 is 0 Å². The summed E-state index contributed by atoms with van der Waals surface area (Å²) < 4.78 is 0. The molecule has 0 atom stereocenters. The maximum absolute atomic E-state index is 2.31. The van der Waals surface area contributed by atoms with E-state index in [1.54, 1.807) is 0 Å². The molecule has 0 spiro atoms. The van der Waals surface area contributed by atoms with Gasteiger partial charge in [-0.15, -0.1) is 0 Å². The van der Waals surface area contributed by atoms with Crippen LogP contribution in [0.25, 0.3) is 0 Å². The van der Waals surface area contributed by atoms with Crippen molar-refractivity contribution in [3.05, 3.63) is 119 Å². The van der Waals surface area contributed by atoms with Gasteiger partial charge in [0.2, 0.25) is 0 Å². The molecular weight excluding hydrogens is 480 g/mol. The van der Waals surface area contributed by atoms with Crippen LogP contribution < -0.4 is 90.7 Å². The Kier molecular flexibility index (Phi) is 7.95. The zero-order chi connectivity index (χ0) is 20.4. The molecule has 2 heteroatoms. The van der Waals surface area contributed by atoms with Crippen molar-refractivity contribution < 1.29 is 68.9 Å². The fraction of sp³-hybridized carbons (Fsp3) is 0.143. The van der Waals surface area contributed by atoms with Gasteiger partial charge in [-0.2, -0.15) is 21.9 Å². The molecule has 4 rings (SSSR count). The summed E-state index contributed by atoms with van der Waals surface area (Å²) in [7, 11) is 0. The van der Waals surface area contributed by atoms with Crippen LogP contribution in [0.1, 0.15) is 22.3 Å². The van der Waals surface area contributed by atoms with E-state index in [1.807, 2.05) is 0 Å². The van der Waals surface area contributed by atoms with Crippen LogP contribution in [0.2, 0.25) is 0 Å². The van der Waals surface area contributed by atoms with E-state index in [4.69, 9.17) is 0 Å². The Hall–Kier alpha value is -1.00. The summed E-state index contributed by atoms with van der Waals surface area (Å²) in [5.41, 5.74) is 10.6. The predicted molar refractivity (Wildman–Crippen MR) is 129 cm³/mol. The molecule has 144 valence electrons. The molecule has 0 saturated carbocycles. The van der Waals surface area contributed by atoms with Crippen molar-refractivity contribution in [1.82, 2.24) is 0 Å². The molecule has 0 aromatic heterocycles. The summed E-state index contributed by atoms with van der Waals surface area (Å²) in [6.45, 7) is 8.62. The standard InChI is InChI=1S/C28H28B.Cs/c1-21-5-13-25(14-6-21)29(26-15-7-22(2)8-16-26,27-17-9-23(3)10-18-27)28-19-11-24(4)12-20-28;/h5-20H,1-4H3;/q-1;+1. The maximum atomic E-state index is 2.31. The maximum Gasteiger partial charge on any atom is 1.00 e. The van der Waals surface area contributed by atoms with Crippen LogP contribution in [0.4, 0.5) is 0 Å². The van der Waals surface area contributed by atoms with E-state index >= 15 is 0 Å². The molecule has 0 amide bonds. The smallest absolute Gasteiger partial charge is 0.195 e. The molecule has 0 bridgehead atoms. The van der Waals surface area contributed by atoms with Gasteiger partial charge in [0.1, 0.15) is 6.15 Å². The van der Waals surface area contributed by atoms with E-state index in [9.17, 15) is 0 Å². The molecule has 0 saturated heterocycles. The quantitative estimate of drug-likeness (QED) is 0.365. The molecule has 0 heterocycles. The predicted octanol–water partition coefficient (Wildman–Crippen LogP) is 1.30. The van der Waals surface area contributed by atoms with E-state index in [0.29, 0.717) is 0 Å². The first-order valence-electron chi connectivity index (χ1n) is 10.4. The summed E-state index contributed by atoms with van der Waals surface area (Å²) in [5, 5.41) is 0. The van der Waals surface area contributed by atoms with Crippen molar-refractivity contribution in [3.8, 4) is 0 Å². The Balaban J connectivity index is 0.00000256. The fourth-order valence-corrected chi connectivity index (χ4v) is 4.58. The molecule has 4 aromatic rings. The number of hydrogen-bond donors (Lipinski definition) is 0. The largest absolute Gasteiger partial charge is 1.00 e. The van der Waals surface area contributed by atoms with Crippen molar-refractivity contribution in [2.75, 3.05) is 0 Å². The molecule has 0 fully saturated rings. The zero-order valence-corrected chi connectivity index (χ0v) is 25.1. The van der Waals surface area contributed by atoms with E-state index in [0.717, 1.165) is 0 Å². The van der Waals surface area contributed by atoms with Crippen LogP contribution in [0.3, 0.4) is 0 Å². The Morgan fingerprint density at radius 1 is 0.333 bits per heavy atom. The molecule has 0 aliphatic heterocycles. The first-order valence-corrected chi connectivity index (χ1v) is 10.4. The van der Waals surface area contributed by atoms with Gasteiger partial charge in [-0.1, -0.05) is 119 Å². The number of aryl methyl sites for hydroxylation is 4. The number of rotatable bonds is 4. The van der Waals surface area contributed by atoms with Gasteiger partial charge in [0.15, 0.2) is 0 Å². The second-order valence-corrected chi connectivity index (χ2v) is 8.51. The Morgan fingerprint density at radius 3 is 0.667 bits per heavy atom. The van der Waals surface area contributed by atoms with Gasteiger partial charge in [0, 0.05) is 0 Å². The van der Waals surface area contributed by atoms with E-state index < -0.39 is 6.15 Å². The Morgan fingerprint density at radius 2 is 0.500 bits per heavy atom. The molecule has 30 heavy (non-hydrogen) atoms. The van der Waals surface area contributed by atoms with Crippen LogP contribution in [0.5, 0.6) is 0 Å². The second-order valence-electron chi connectivity index (χ2n) is 8.51. The van der Waals surface area contributed by atoms with Crippen LogP contribution in [0, 0.1) is 27.7 Å². The normalized spacial score (nSPS) is 11.1. The van der Waals surface area contributed by atoms with Crippen molar-refractivity contribution in [3.63, 3.8) is 0 Å². The van der Waals surface area contributed by atoms with Crippen LogP contribution in [-0.4, -0.2) is 6.15 Å². The van der Waals surface area contributed by atoms with Crippen LogP contribution in [-0.2, 0) is 0 Å². The topological polar surface area (TPSA) is 0 Å². The van der Waals surface area contributed by atoms with Gasteiger partial charge in [0.05, 0.1) is 0 Å². The molecule has 0 radical (unpaired) electrons. The van der Waals surface area contributed by atoms with Gasteiger partial charge in [0.25, 0.3) is 0 Å². The molecular formula is C28H28BCs. The molecule has 0 unspecified atom stereocenters. The summed E-state index contributed by atoms with van der Waals surface area (Å²) >= 11 is 0. The monoisotopic (exact) mass is 508 g/mol. The first kappa shape index (κ1) is 23.7. The van der Waals surface area contributed by atoms with Crippen molar-refractivity contribution in [1.29, 1.82) is 0 Å². The molecule has 0 N–H and O–H groups in total. The summed E-state index contributed by atoms with van der Waals surface area (Å²) in [6.07, 6.45) is -1.27. The molecule has 0 aliphatic carbocycles. The van der Waals surface area contributed by atoms with Gasteiger partial charge in [-0.05, 0) is 27.7 Å². The van der Waals surface area contributed by atoms with E-state index in [1.165, 1.54) is 44.1 Å². The molecule has 4 aromatic carbocycles. The average Bonchev–Trinajstić information content (AvgIpc) is 2.73. The van der Waals surface area contributed by atoms with E-state index in [2.05, 4.69) is 125 Å². The third-order valence-electron chi connectivity index (χ3n) is 6.31. The fourth-order valence-electron chi connectivity index (χ4n) is 4.58. The summed E-state index contributed by atoms with van der Waals surface area (Å²) in [5.74, 6) is 0. The van der Waals surface area contributed by atoms with Gasteiger partial charge >= 0.3 is 68.9 Å². The van der Waals surface area contributed by atoms with Gasteiger partial charge in [-0.25, -0.2) is 0 Å². The summed E-state index contributed by atoms with van der Waals surface area (Å²) in [4.78, 5) is 0. The summed E-state index contributed by atoms with van der Waals surface area (Å²) in [6, 6.07) is 36.4. The van der Waals surface area contributed by atoms with Crippen molar-refractivity contribution >= 4 is 28.0 Å². The van der Waals surface area contributed by atoms with Gasteiger partial charge in [-0.3, -0.25) is 0 Å². The minimum Gasteiger partial charge on any atom is -0.195 e. The van der Waals surface area contributed by atoms with Crippen molar-refractivity contribution in [2.24, 2.45) is 0 Å². The molecule has 0 aliphatic rings. The minimum atomic E-state index is -1.27. The Labute approximate surface area is 240 Å². The van der Waals surface area contributed by atoms with Gasteiger partial charge < -0.3 is 0 Å². The number of benzene rings is 4. The minimum absolute atomic E-state index is 0. The third-order valence-corrected chi connectivity index (χ3v) is 6.31. The number of hydrogen-bond acceptors (Lipinski definition) is 0. The van der Waals surface area contributed by atoms with E-state index in [-0.39, 0.29) is 68.9 Å². The second kappa shape index (κ2) is 10.1. The third kappa shape index (κ3) is 4.60. The average molecular weight is 508 g/mol. The SMILES string of the molecule is Cc1ccc([B-](c2ccc(C)cc2)(c2ccc(C)cc2)c2ccc(C)cc2)cc1.[Cs+]. The van der Waals surface area contributed by atoms with Crippen LogP contribution in [0.15, 0.2) is 97.1 Å². The Bertz CT molecular complexity index is 906. The zero-order valence-electron chi connectivity index (χ0n) is 18.8.